The van der Waals surface area contributed by atoms with Crippen LogP contribution in [-0.4, -0.2) is 27.4 Å². The quantitative estimate of drug-likeness (QED) is 0.724. The molecular formula is C19H19FN4O. The third-order valence-corrected chi connectivity index (χ3v) is 4.57. The van der Waals surface area contributed by atoms with E-state index in [0.29, 0.717) is 23.4 Å². The van der Waals surface area contributed by atoms with Gasteiger partial charge in [-0.3, -0.25) is 0 Å². The predicted octanol–water partition coefficient (Wildman–Crippen LogP) is 4.46. The van der Waals surface area contributed by atoms with E-state index in [0.717, 1.165) is 24.9 Å². The van der Waals surface area contributed by atoms with Crippen molar-refractivity contribution in [1.82, 2.24) is 14.9 Å². The molecule has 0 saturated carbocycles. The number of nitrogens with one attached hydrogen (secondary N) is 2. The molecule has 0 bridgehead atoms. The molecule has 2 amide bonds. The number of carbonyl (C=O) groups excluding carboxylic acids is 1. The first-order valence-corrected chi connectivity index (χ1v) is 8.48. The van der Waals surface area contributed by atoms with Crippen molar-refractivity contribution in [2.45, 2.75) is 25.3 Å². The minimum Gasteiger partial charge on any atom is -0.340 e. The zero-order valence-electron chi connectivity index (χ0n) is 13.7. The molecule has 3 aromatic rings. The van der Waals surface area contributed by atoms with Crippen LogP contribution in [0.5, 0.6) is 0 Å². The minimum absolute atomic E-state index is 0.132. The molecule has 128 valence electrons. The number of aromatic nitrogens is 2. The summed E-state index contributed by atoms with van der Waals surface area (Å²) in [5.74, 6) is 0.411. The number of benzene rings is 2. The van der Waals surface area contributed by atoms with E-state index < -0.39 is 0 Å². The van der Waals surface area contributed by atoms with Gasteiger partial charge in [0.05, 0.1) is 17.1 Å². The number of likely N-dealkylation sites (tertiary alicyclic amines) is 1. The highest BCUT2D eigenvalue weighted by atomic mass is 19.1. The SMILES string of the molecule is O=C(Nc1ccccc1)N1CCCC[C@H]1c1nc2ccc(F)cc2[nH]1. The molecule has 0 spiro atoms. The Hall–Kier alpha value is -2.89. The predicted molar refractivity (Wildman–Crippen MR) is 94.8 cm³/mol. The van der Waals surface area contributed by atoms with Gasteiger partial charge in [0.25, 0.3) is 0 Å². The Kier molecular flexibility index (Phi) is 4.09. The number of para-hydroxylation sites is 1. The van der Waals surface area contributed by atoms with Crippen molar-refractivity contribution in [2.75, 3.05) is 11.9 Å². The molecule has 1 atom stereocenters. The molecule has 2 aromatic carbocycles. The summed E-state index contributed by atoms with van der Waals surface area (Å²) >= 11 is 0. The van der Waals surface area contributed by atoms with Gasteiger partial charge in [-0.2, -0.15) is 0 Å². The number of anilines is 1. The molecule has 4 rings (SSSR count). The molecule has 2 heterocycles. The van der Waals surface area contributed by atoms with Gasteiger partial charge in [-0.1, -0.05) is 18.2 Å². The zero-order valence-corrected chi connectivity index (χ0v) is 13.7. The van der Waals surface area contributed by atoms with Crippen LogP contribution in [0.15, 0.2) is 48.5 Å². The molecule has 1 aliphatic rings. The normalized spacial score (nSPS) is 17.6. The second-order valence-electron chi connectivity index (χ2n) is 6.28. The van der Waals surface area contributed by atoms with Gasteiger partial charge in [0.1, 0.15) is 11.6 Å². The number of halogens is 1. The monoisotopic (exact) mass is 338 g/mol. The van der Waals surface area contributed by atoms with E-state index >= 15 is 0 Å². The van der Waals surface area contributed by atoms with E-state index in [2.05, 4.69) is 15.3 Å². The van der Waals surface area contributed by atoms with Gasteiger partial charge in [0, 0.05) is 12.2 Å². The topological polar surface area (TPSA) is 61.0 Å². The highest BCUT2D eigenvalue weighted by Gasteiger charge is 2.30. The maximum atomic E-state index is 13.4. The number of nitrogens with zero attached hydrogens (tertiary/aromatic N) is 2. The zero-order chi connectivity index (χ0) is 17.2. The first kappa shape index (κ1) is 15.6. The Morgan fingerprint density at radius 2 is 2.04 bits per heavy atom. The lowest BCUT2D eigenvalue weighted by Crippen LogP contribution is -2.41. The number of amides is 2. The average Bonchev–Trinajstić information content (AvgIpc) is 3.05. The van der Waals surface area contributed by atoms with E-state index in [4.69, 9.17) is 0 Å². The van der Waals surface area contributed by atoms with Crippen LogP contribution in [0.2, 0.25) is 0 Å². The van der Waals surface area contributed by atoms with Crippen LogP contribution in [0.1, 0.15) is 31.1 Å². The average molecular weight is 338 g/mol. The Morgan fingerprint density at radius 3 is 2.88 bits per heavy atom. The highest BCUT2D eigenvalue weighted by molar-refractivity contribution is 5.89. The largest absolute Gasteiger partial charge is 0.340 e. The maximum Gasteiger partial charge on any atom is 0.322 e. The number of aromatic amines is 1. The fourth-order valence-electron chi connectivity index (χ4n) is 3.34. The van der Waals surface area contributed by atoms with E-state index in [1.165, 1.54) is 12.1 Å². The molecule has 1 saturated heterocycles. The van der Waals surface area contributed by atoms with Crippen LogP contribution in [0.4, 0.5) is 14.9 Å². The maximum absolute atomic E-state index is 13.4. The highest BCUT2D eigenvalue weighted by Crippen LogP contribution is 2.31. The Balaban J connectivity index is 1.60. The first-order valence-electron chi connectivity index (χ1n) is 8.48. The van der Waals surface area contributed by atoms with Gasteiger partial charge < -0.3 is 15.2 Å². The smallest absolute Gasteiger partial charge is 0.322 e. The van der Waals surface area contributed by atoms with Crippen molar-refractivity contribution >= 4 is 22.8 Å². The molecule has 2 N–H and O–H groups in total. The molecule has 25 heavy (non-hydrogen) atoms. The number of piperidine rings is 1. The lowest BCUT2D eigenvalue weighted by molar-refractivity contribution is 0.160. The Morgan fingerprint density at radius 1 is 1.20 bits per heavy atom. The van der Waals surface area contributed by atoms with Gasteiger partial charge in [-0.25, -0.2) is 14.2 Å². The van der Waals surface area contributed by atoms with Crippen molar-refractivity contribution in [3.05, 3.63) is 60.2 Å². The van der Waals surface area contributed by atoms with Crippen molar-refractivity contribution in [3.63, 3.8) is 0 Å². The van der Waals surface area contributed by atoms with E-state index in [1.54, 1.807) is 6.07 Å². The van der Waals surface area contributed by atoms with E-state index in [9.17, 15) is 9.18 Å². The fourth-order valence-corrected chi connectivity index (χ4v) is 3.34. The van der Waals surface area contributed by atoms with Crippen LogP contribution in [0, 0.1) is 5.82 Å². The lowest BCUT2D eigenvalue weighted by atomic mass is 10.0. The minimum atomic E-state index is -0.301. The van der Waals surface area contributed by atoms with Gasteiger partial charge in [-0.05, 0) is 49.6 Å². The molecule has 6 heteroatoms. The summed E-state index contributed by atoms with van der Waals surface area (Å²) in [6.45, 7) is 0.675. The summed E-state index contributed by atoms with van der Waals surface area (Å²) in [6, 6.07) is 13.6. The van der Waals surface area contributed by atoms with Crippen molar-refractivity contribution in [2.24, 2.45) is 0 Å². The van der Waals surface area contributed by atoms with Gasteiger partial charge >= 0.3 is 6.03 Å². The van der Waals surface area contributed by atoms with Crippen molar-refractivity contribution in [1.29, 1.82) is 0 Å². The molecule has 1 aliphatic heterocycles. The fraction of sp³-hybridized carbons (Fsp3) is 0.263. The molecule has 0 radical (unpaired) electrons. The molecule has 5 nitrogen and oxygen atoms in total. The summed E-state index contributed by atoms with van der Waals surface area (Å²) < 4.78 is 13.4. The van der Waals surface area contributed by atoms with Gasteiger partial charge in [0.2, 0.25) is 0 Å². The van der Waals surface area contributed by atoms with Crippen LogP contribution in [0.3, 0.4) is 0 Å². The van der Waals surface area contributed by atoms with E-state index in [-0.39, 0.29) is 17.9 Å². The summed E-state index contributed by atoms with van der Waals surface area (Å²) in [6.07, 6.45) is 2.84. The number of fused-ring (bicyclic) bond motifs is 1. The standard InChI is InChI=1S/C19H19FN4O/c20-13-9-10-15-16(12-13)23-18(22-15)17-8-4-5-11-24(17)19(25)21-14-6-2-1-3-7-14/h1-3,6-7,9-10,12,17H,4-5,8,11H2,(H,21,25)(H,22,23)/t17-/m0/s1. The summed E-state index contributed by atoms with van der Waals surface area (Å²) in [4.78, 5) is 22.3. The lowest BCUT2D eigenvalue weighted by Gasteiger charge is -2.34. The first-order chi connectivity index (χ1) is 12.2. The summed E-state index contributed by atoms with van der Waals surface area (Å²) in [5, 5.41) is 2.94. The molecule has 1 aromatic heterocycles. The van der Waals surface area contributed by atoms with Crippen LogP contribution < -0.4 is 5.32 Å². The molecule has 1 fully saturated rings. The number of carbonyl (C=O) groups is 1. The summed E-state index contributed by atoms with van der Waals surface area (Å²) in [5.41, 5.74) is 2.14. The number of imidazole rings is 1. The Labute approximate surface area is 144 Å². The Bertz CT molecular complexity index is 893. The molecular weight excluding hydrogens is 319 g/mol. The van der Waals surface area contributed by atoms with Gasteiger partial charge in [-0.15, -0.1) is 0 Å². The van der Waals surface area contributed by atoms with Crippen molar-refractivity contribution in [3.8, 4) is 0 Å². The van der Waals surface area contributed by atoms with Crippen LogP contribution in [0.25, 0.3) is 11.0 Å². The summed E-state index contributed by atoms with van der Waals surface area (Å²) in [7, 11) is 0. The van der Waals surface area contributed by atoms with Crippen molar-refractivity contribution < 1.29 is 9.18 Å². The number of hydrogen-bond donors (Lipinski definition) is 2. The van der Waals surface area contributed by atoms with Gasteiger partial charge in [0.15, 0.2) is 0 Å². The number of H-pyrrole nitrogens is 1. The molecule has 0 unspecified atom stereocenters. The second kappa shape index (κ2) is 6.55. The number of urea groups is 1. The second-order valence-corrected chi connectivity index (χ2v) is 6.28. The molecule has 0 aliphatic carbocycles. The van der Waals surface area contributed by atoms with Crippen LogP contribution >= 0.6 is 0 Å². The number of rotatable bonds is 2. The van der Waals surface area contributed by atoms with Crippen LogP contribution in [-0.2, 0) is 0 Å². The third kappa shape index (κ3) is 3.20. The number of hydrogen-bond acceptors (Lipinski definition) is 2. The third-order valence-electron chi connectivity index (χ3n) is 4.57. The van der Waals surface area contributed by atoms with E-state index in [1.807, 2.05) is 35.2 Å².